The predicted molar refractivity (Wildman–Crippen MR) is 117 cm³/mol. The van der Waals surface area contributed by atoms with Gasteiger partial charge in [0.25, 0.3) is 0 Å². The number of benzene rings is 1. The van der Waals surface area contributed by atoms with Crippen LogP contribution < -0.4 is 4.90 Å². The van der Waals surface area contributed by atoms with Crippen molar-refractivity contribution in [1.82, 2.24) is 9.99 Å². The van der Waals surface area contributed by atoms with Crippen molar-refractivity contribution in [3.8, 4) is 0 Å². The number of halogens is 2. The number of amides is 1. The van der Waals surface area contributed by atoms with Crippen molar-refractivity contribution in [2.75, 3.05) is 37.7 Å². The van der Waals surface area contributed by atoms with E-state index in [1.807, 2.05) is 19.9 Å². The van der Waals surface area contributed by atoms with E-state index in [0.717, 1.165) is 23.9 Å². The Labute approximate surface area is 183 Å². The van der Waals surface area contributed by atoms with Crippen LogP contribution in [0.15, 0.2) is 46.1 Å². The fourth-order valence-corrected chi connectivity index (χ4v) is 3.42. The lowest BCUT2D eigenvalue weighted by molar-refractivity contribution is 0.122. The van der Waals surface area contributed by atoms with Gasteiger partial charge in [0, 0.05) is 34.9 Å². The first-order valence-corrected chi connectivity index (χ1v) is 10.5. The van der Waals surface area contributed by atoms with Crippen LogP contribution in [0, 0.1) is 11.7 Å². The minimum Gasteiger partial charge on any atom is -0.464 e. The van der Waals surface area contributed by atoms with E-state index in [2.05, 4.69) is 30.9 Å². The third kappa shape index (κ3) is 5.54. The molecule has 0 unspecified atom stereocenters. The van der Waals surface area contributed by atoms with E-state index in [1.54, 1.807) is 24.4 Å². The van der Waals surface area contributed by atoms with Crippen LogP contribution in [0.4, 0.5) is 15.0 Å². The number of rotatable bonds is 6. The Kier molecular flexibility index (Phi) is 7.38. The largest absolute Gasteiger partial charge is 0.464 e. The number of anilines is 1. The van der Waals surface area contributed by atoms with Gasteiger partial charge in [-0.2, -0.15) is 10.1 Å². The van der Waals surface area contributed by atoms with Crippen LogP contribution in [0.3, 0.4) is 0 Å². The zero-order valence-corrected chi connectivity index (χ0v) is 18.5. The first-order valence-electron chi connectivity index (χ1n) is 9.68. The number of hydrogen-bond donors (Lipinski definition) is 1. The minimum atomic E-state index is -1.20. The molecule has 1 aromatic carbocycles. The van der Waals surface area contributed by atoms with Crippen LogP contribution in [0.1, 0.15) is 25.0 Å². The average molecular weight is 479 g/mol. The summed E-state index contributed by atoms with van der Waals surface area (Å²) in [5, 5.41) is 14.8. The van der Waals surface area contributed by atoms with E-state index in [-0.39, 0.29) is 23.7 Å². The maximum absolute atomic E-state index is 14.8. The molecule has 1 amide bonds. The van der Waals surface area contributed by atoms with Crippen LogP contribution in [0.5, 0.6) is 0 Å². The van der Waals surface area contributed by atoms with Gasteiger partial charge in [0.1, 0.15) is 17.3 Å². The number of hydrogen-bond acceptors (Lipinski definition) is 5. The van der Waals surface area contributed by atoms with Gasteiger partial charge in [-0.3, -0.25) is 0 Å². The van der Waals surface area contributed by atoms with Crippen LogP contribution in [-0.2, 0) is 4.74 Å². The molecule has 0 spiro atoms. The van der Waals surface area contributed by atoms with E-state index >= 15 is 0 Å². The molecule has 0 radical (unpaired) electrons. The summed E-state index contributed by atoms with van der Waals surface area (Å²) in [5.41, 5.74) is 0.946. The van der Waals surface area contributed by atoms with Crippen molar-refractivity contribution in [2.24, 2.45) is 11.0 Å². The van der Waals surface area contributed by atoms with Crippen LogP contribution >= 0.6 is 15.9 Å². The number of pyridine rings is 1. The molecule has 1 aliphatic heterocycles. The predicted octanol–water partition coefficient (Wildman–Crippen LogP) is 4.21. The van der Waals surface area contributed by atoms with Gasteiger partial charge in [-0.05, 0) is 36.2 Å². The van der Waals surface area contributed by atoms with Crippen molar-refractivity contribution in [3.63, 3.8) is 0 Å². The van der Waals surface area contributed by atoms with E-state index < -0.39 is 11.9 Å². The van der Waals surface area contributed by atoms with Crippen molar-refractivity contribution in [3.05, 3.63) is 57.9 Å². The Morgan fingerprint density at radius 2 is 2.07 bits per heavy atom. The topological polar surface area (TPSA) is 78.3 Å². The number of carboxylic acid groups (broad SMARTS) is 1. The molecule has 0 saturated carbocycles. The molecule has 160 valence electrons. The van der Waals surface area contributed by atoms with Gasteiger partial charge in [-0.1, -0.05) is 29.8 Å². The summed E-state index contributed by atoms with van der Waals surface area (Å²) in [6.07, 6.45) is 0.400. The Morgan fingerprint density at radius 3 is 2.63 bits per heavy atom. The number of morpholine rings is 1. The van der Waals surface area contributed by atoms with Crippen LogP contribution in [-0.4, -0.2) is 59.8 Å². The van der Waals surface area contributed by atoms with E-state index in [0.29, 0.717) is 23.2 Å². The molecule has 7 nitrogen and oxygen atoms in total. The molecule has 1 aliphatic rings. The van der Waals surface area contributed by atoms with Gasteiger partial charge in [0.2, 0.25) is 0 Å². The molecule has 30 heavy (non-hydrogen) atoms. The number of hydrazone groups is 1. The number of carbonyl (C=O) groups is 1. The molecule has 2 heterocycles. The summed E-state index contributed by atoms with van der Waals surface area (Å²) >= 11 is 3.25. The summed E-state index contributed by atoms with van der Waals surface area (Å²) in [6, 6.07) is 8.21. The van der Waals surface area contributed by atoms with Crippen LogP contribution in [0.2, 0.25) is 0 Å². The summed E-state index contributed by atoms with van der Waals surface area (Å²) in [5.74, 6) is 0.341. The normalized spacial score (nSPS) is 14.8. The molecule has 1 fully saturated rings. The highest BCUT2D eigenvalue weighted by Crippen LogP contribution is 2.21. The second-order valence-electron chi connectivity index (χ2n) is 7.34. The van der Waals surface area contributed by atoms with Gasteiger partial charge >= 0.3 is 6.09 Å². The summed E-state index contributed by atoms with van der Waals surface area (Å²) < 4.78 is 20.7. The number of nitrogens with zero attached hydrogens (tertiary/aromatic N) is 4. The minimum absolute atomic E-state index is 0.0580. The molecular weight excluding hydrogens is 455 g/mol. The number of aromatic nitrogens is 1. The third-order valence-corrected chi connectivity index (χ3v) is 5.02. The molecule has 0 bridgehead atoms. The first kappa shape index (κ1) is 22.2. The molecule has 2 aromatic rings. The average Bonchev–Trinajstić information content (AvgIpc) is 2.72. The molecule has 9 heteroatoms. The number of ether oxygens (including phenoxy) is 1. The molecule has 0 aliphatic carbocycles. The van der Waals surface area contributed by atoms with Gasteiger partial charge in [0.05, 0.1) is 19.8 Å². The van der Waals surface area contributed by atoms with E-state index in [9.17, 15) is 14.3 Å². The second-order valence-corrected chi connectivity index (χ2v) is 8.25. The molecule has 1 N–H and O–H groups in total. The fraction of sp³-hybridized carbons (Fsp3) is 0.381. The Hall–Kier alpha value is -2.52. The molecular formula is C21H24BrFN4O3. The van der Waals surface area contributed by atoms with E-state index in [4.69, 9.17) is 4.74 Å². The smallest absolute Gasteiger partial charge is 0.427 e. The zero-order valence-electron chi connectivity index (χ0n) is 16.9. The summed E-state index contributed by atoms with van der Waals surface area (Å²) in [6.45, 7) is 6.75. The highest BCUT2D eigenvalue weighted by Gasteiger charge is 2.20. The van der Waals surface area contributed by atoms with Crippen molar-refractivity contribution in [1.29, 1.82) is 0 Å². The Morgan fingerprint density at radius 1 is 1.33 bits per heavy atom. The maximum Gasteiger partial charge on any atom is 0.427 e. The van der Waals surface area contributed by atoms with Gasteiger partial charge in [-0.15, -0.1) is 0 Å². The summed E-state index contributed by atoms with van der Waals surface area (Å²) in [4.78, 5) is 18.3. The quantitative estimate of drug-likeness (QED) is 0.496. The Bertz CT molecular complexity index is 915. The maximum atomic E-state index is 14.8. The van der Waals surface area contributed by atoms with Gasteiger partial charge < -0.3 is 14.7 Å². The fourth-order valence-electron chi connectivity index (χ4n) is 3.08. The molecule has 0 atom stereocenters. The van der Waals surface area contributed by atoms with Crippen molar-refractivity contribution < 1.29 is 19.0 Å². The summed E-state index contributed by atoms with van der Waals surface area (Å²) in [7, 11) is 0. The van der Waals surface area contributed by atoms with Crippen molar-refractivity contribution >= 4 is 33.6 Å². The lowest BCUT2D eigenvalue weighted by Crippen LogP contribution is -2.36. The monoisotopic (exact) mass is 478 g/mol. The van der Waals surface area contributed by atoms with Crippen molar-refractivity contribution in [2.45, 2.75) is 13.8 Å². The molecule has 3 rings (SSSR count). The first-order chi connectivity index (χ1) is 14.3. The lowest BCUT2D eigenvalue weighted by atomic mass is 10.0. The van der Waals surface area contributed by atoms with Gasteiger partial charge in [-0.25, -0.2) is 14.2 Å². The Balaban J connectivity index is 2.02. The lowest BCUT2D eigenvalue weighted by Gasteiger charge is -2.27. The van der Waals surface area contributed by atoms with Crippen LogP contribution in [0.25, 0.3) is 0 Å². The second kappa shape index (κ2) is 9.99. The molecule has 1 saturated heterocycles. The molecule has 1 aromatic heterocycles. The third-order valence-electron chi connectivity index (χ3n) is 4.52. The van der Waals surface area contributed by atoms with Gasteiger partial charge in [0.15, 0.2) is 0 Å². The highest BCUT2D eigenvalue weighted by molar-refractivity contribution is 9.10. The standard InChI is InChI=1S/C21H24BrFN4O3/c1-14(2)13-27(21(28)29)25-20(17-5-4-16(22)11-18(17)23)15-3-6-19(24-12-15)26-7-9-30-10-8-26/h3-6,11-12,14H,7-10,13H2,1-2H3,(H,28,29). The van der Waals surface area contributed by atoms with E-state index in [1.165, 1.54) is 6.07 Å². The zero-order chi connectivity index (χ0) is 21.7. The SMILES string of the molecule is CC(C)CN(N=C(c1ccc(N2CCOCC2)nc1)c1ccc(Br)cc1F)C(=O)O. The highest BCUT2D eigenvalue weighted by atomic mass is 79.9.